The van der Waals surface area contributed by atoms with E-state index in [4.69, 9.17) is 9.47 Å². The maximum absolute atomic E-state index is 11.1. The van der Waals surface area contributed by atoms with Gasteiger partial charge in [-0.25, -0.2) is 0 Å². The zero-order chi connectivity index (χ0) is 15.5. The Bertz CT molecular complexity index is 445. The molecule has 4 nitrogen and oxygen atoms in total. The first-order valence-corrected chi connectivity index (χ1v) is 9.17. The van der Waals surface area contributed by atoms with E-state index < -0.39 is 0 Å². The van der Waals surface area contributed by atoms with Crippen LogP contribution >= 0.6 is 21.6 Å². The average Bonchev–Trinajstić information content (AvgIpc) is 2.53. The lowest BCUT2D eigenvalue weighted by Crippen LogP contribution is -2.04. The van der Waals surface area contributed by atoms with Crippen LogP contribution in [0.25, 0.3) is 0 Å². The lowest BCUT2D eigenvalue weighted by atomic mass is 10.2. The van der Waals surface area contributed by atoms with Crippen LogP contribution in [-0.4, -0.2) is 24.3 Å². The summed E-state index contributed by atoms with van der Waals surface area (Å²) in [5.41, 5.74) is 0.975. The molecule has 0 spiro atoms. The molecule has 116 valence electrons. The maximum atomic E-state index is 11.1. The molecule has 0 amide bonds. The molecule has 0 bridgehead atoms. The highest BCUT2D eigenvalue weighted by molar-refractivity contribution is 8.76. The summed E-state index contributed by atoms with van der Waals surface area (Å²) in [5, 5.41) is 0. The van der Waals surface area contributed by atoms with Crippen molar-refractivity contribution in [2.75, 3.05) is 12.4 Å². The molecular weight excluding hydrogens is 308 g/mol. The average molecular weight is 328 g/mol. The number of ether oxygens (including phenoxy) is 2. The van der Waals surface area contributed by atoms with Crippen molar-refractivity contribution >= 4 is 33.5 Å². The van der Waals surface area contributed by atoms with E-state index in [1.807, 2.05) is 24.3 Å². The fraction of sp³-hybridized carbons (Fsp3) is 0.467. The van der Waals surface area contributed by atoms with Crippen LogP contribution < -0.4 is 0 Å². The smallest absolute Gasteiger partial charge is 0.305 e. The van der Waals surface area contributed by atoms with E-state index in [-0.39, 0.29) is 11.9 Å². The monoisotopic (exact) mass is 328 g/mol. The number of carbonyl (C=O) groups excluding carboxylic acids is 2. The van der Waals surface area contributed by atoms with Crippen LogP contribution in [0.1, 0.15) is 32.3 Å². The molecule has 0 aliphatic heterocycles. The van der Waals surface area contributed by atoms with Crippen LogP contribution in [0.2, 0.25) is 0 Å². The Hall–Kier alpha value is -1.14. The molecule has 6 heteroatoms. The molecular formula is C15H20O4S2. The van der Waals surface area contributed by atoms with Crippen molar-refractivity contribution in [1.82, 2.24) is 0 Å². The molecule has 0 atom stereocenters. The molecule has 1 aromatic rings. The van der Waals surface area contributed by atoms with E-state index in [1.165, 1.54) is 0 Å². The number of hydrogen-bond acceptors (Lipinski definition) is 6. The topological polar surface area (TPSA) is 52.6 Å². The Labute approximate surface area is 133 Å². The molecule has 0 saturated carbocycles. The Morgan fingerprint density at radius 2 is 1.62 bits per heavy atom. The minimum atomic E-state index is -0.189. The van der Waals surface area contributed by atoms with Gasteiger partial charge < -0.3 is 9.47 Å². The molecule has 0 saturated heterocycles. The highest BCUT2D eigenvalue weighted by Crippen LogP contribution is 2.30. The number of hydrogen-bond donors (Lipinski definition) is 0. The van der Waals surface area contributed by atoms with Crippen molar-refractivity contribution in [3.63, 3.8) is 0 Å². The molecule has 1 rings (SSSR count). The summed E-state index contributed by atoms with van der Waals surface area (Å²) in [6.07, 6.45) is 0.815. The molecule has 0 aliphatic carbocycles. The van der Waals surface area contributed by atoms with E-state index in [9.17, 15) is 9.59 Å². The lowest BCUT2D eigenvalue weighted by molar-refractivity contribution is -0.144. The zero-order valence-corrected chi connectivity index (χ0v) is 13.9. The highest BCUT2D eigenvalue weighted by Gasteiger charge is 2.01. The quantitative estimate of drug-likeness (QED) is 0.390. The third kappa shape index (κ3) is 8.02. The Balaban J connectivity index is 2.22. The molecule has 0 radical (unpaired) electrons. The summed E-state index contributed by atoms with van der Waals surface area (Å²) >= 11 is 0. The molecule has 0 unspecified atom stereocenters. The lowest BCUT2D eigenvalue weighted by Gasteiger charge is -2.05. The predicted octanol–water partition coefficient (Wildman–Crippen LogP) is 3.83. The van der Waals surface area contributed by atoms with Gasteiger partial charge in [-0.2, -0.15) is 0 Å². The summed E-state index contributed by atoms with van der Waals surface area (Å²) in [6, 6.07) is 7.88. The Kier molecular flexibility index (Phi) is 9.01. The van der Waals surface area contributed by atoms with Crippen molar-refractivity contribution in [3.05, 3.63) is 29.8 Å². The molecule has 0 N–H and O–H groups in total. The van der Waals surface area contributed by atoms with E-state index in [0.29, 0.717) is 26.1 Å². The van der Waals surface area contributed by atoms with Crippen molar-refractivity contribution in [2.45, 2.75) is 38.2 Å². The van der Waals surface area contributed by atoms with Crippen molar-refractivity contribution in [2.24, 2.45) is 0 Å². The largest absolute Gasteiger partial charge is 0.465 e. The van der Waals surface area contributed by atoms with Crippen LogP contribution in [0.4, 0.5) is 0 Å². The van der Waals surface area contributed by atoms with Crippen LogP contribution in [0.5, 0.6) is 0 Å². The fourth-order valence-electron chi connectivity index (χ4n) is 1.31. The summed E-state index contributed by atoms with van der Waals surface area (Å²) in [6.45, 7) is 4.31. The van der Waals surface area contributed by atoms with E-state index in [1.54, 1.807) is 35.4 Å². The highest BCUT2D eigenvalue weighted by atomic mass is 33.1. The second-order valence-electron chi connectivity index (χ2n) is 4.14. The third-order valence-corrected chi connectivity index (χ3v) is 4.83. The van der Waals surface area contributed by atoms with Gasteiger partial charge in [-0.1, -0.05) is 47.6 Å². The standard InChI is InChI=1S/C15H20O4S2/c1-3-14(16)18-9-10-20-21-13-7-5-12(6-8-13)11-19-15(17)4-2/h5-8H,3-4,9-11H2,1-2H3. The number of benzene rings is 1. The molecule has 0 aliphatic rings. The summed E-state index contributed by atoms with van der Waals surface area (Å²) in [5.74, 6) is 0.406. The first-order chi connectivity index (χ1) is 10.2. The minimum absolute atomic E-state index is 0.161. The molecule has 1 aromatic carbocycles. The van der Waals surface area contributed by atoms with Gasteiger partial charge in [0.25, 0.3) is 0 Å². The van der Waals surface area contributed by atoms with Crippen LogP contribution in [-0.2, 0) is 25.7 Å². The van der Waals surface area contributed by atoms with E-state index >= 15 is 0 Å². The predicted molar refractivity (Wildman–Crippen MR) is 86.1 cm³/mol. The van der Waals surface area contributed by atoms with Crippen molar-refractivity contribution in [3.8, 4) is 0 Å². The van der Waals surface area contributed by atoms with E-state index in [2.05, 4.69) is 0 Å². The fourth-order valence-corrected chi connectivity index (χ4v) is 3.12. The molecule has 0 heterocycles. The normalized spacial score (nSPS) is 10.2. The van der Waals surface area contributed by atoms with Crippen LogP contribution in [0.3, 0.4) is 0 Å². The Morgan fingerprint density at radius 1 is 1.00 bits per heavy atom. The van der Waals surface area contributed by atoms with Crippen molar-refractivity contribution < 1.29 is 19.1 Å². The van der Waals surface area contributed by atoms with Gasteiger partial charge in [0, 0.05) is 23.5 Å². The number of rotatable bonds is 9. The zero-order valence-electron chi connectivity index (χ0n) is 12.3. The van der Waals surface area contributed by atoms with Gasteiger partial charge in [0.2, 0.25) is 0 Å². The molecule has 0 aromatic heterocycles. The van der Waals surface area contributed by atoms with Gasteiger partial charge in [0.05, 0.1) is 0 Å². The van der Waals surface area contributed by atoms with Gasteiger partial charge in [-0.05, 0) is 17.7 Å². The SMILES string of the molecule is CCC(=O)OCCSSc1ccc(COC(=O)CC)cc1. The van der Waals surface area contributed by atoms with Gasteiger partial charge in [-0.15, -0.1) is 0 Å². The van der Waals surface area contributed by atoms with E-state index in [0.717, 1.165) is 16.2 Å². The van der Waals surface area contributed by atoms with Gasteiger partial charge >= 0.3 is 11.9 Å². The first-order valence-electron chi connectivity index (χ1n) is 6.85. The van der Waals surface area contributed by atoms with Crippen LogP contribution in [0.15, 0.2) is 29.2 Å². The first kappa shape index (κ1) is 17.9. The van der Waals surface area contributed by atoms with Gasteiger partial charge in [0.1, 0.15) is 13.2 Å². The van der Waals surface area contributed by atoms with Crippen LogP contribution in [0, 0.1) is 0 Å². The number of carbonyl (C=O) groups is 2. The summed E-state index contributed by atoms with van der Waals surface area (Å²) < 4.78 is 10.1. The second kappa shape index (κ2) is 10.6. The molecule has 21 heavy (non-hydrogen) atoms. The maximum Gasteiger partial charge on any atom is 0.305 e. The van der Waals surface area contributed by atoms with Gasteiger partial charge in [0.15, 0.2) is 0 Å². The second-order valence-corrected chi connectivity index (χ2v) is 6.63. The number of esters is 2. The summed E-state index contributed by atoms with van der Waals surface area (Å²) in [4.78, 5) is 23.1. The third-order valence-electron chi connectivity index (χ3n) is 2.49. The van der Waals surface area contributed by atoms with Crippen molar-refractivity contribution in [1.29, 1.82) is 0 Å². The molecule has 0 fully saturated rings. The van der Waals surface area contributed by atoms with Gasteiger partial charge in [-0.3, -0.25) is 9.59 Å². The minimum Gasteiger partial charge on any atom is -0.465 e. The Morgan fingerprint density at radius 3 is 2.24 bits per heavy atom. The summed E-state index contributed by atoms with van der Waals surface area (Å²) in [7, 11) is 3.28.